The van der Waals surface area contributed by atoms with Crippen molar-refractivity contribution in [3.8, 4) is 0 Å². The number of methoxy groups -OCH3 is 1. The van der Waals surface area contributed by atoms with Crippen molar-refractivity contribution in [3.63, 3.8) is 0 Å². The van der Waals surface area contributed by atoms with Crippen LogP contribution in [0.5, 0.6) is 0 Å². The van der Waals surface area contributed by atoms with Gasteiger partial charge in [-0.1, -0.05) is 29.8 Å². The molecule has 0 fully saturated rings. The zero-order valence-electron chi connectivity index (χ0n) is 11.7. The fourth-order valence-corrected chi connectivity index (χ4v) is 2.36. The third kappa shape index (κ3) is 3.52. The molecule has 1 N–H and O–H groups in total. The van der Waals surface area contributed by atoms with Gasteiger partial charge in [-0.3, -0.25) is 0 Å². The van der Waals surface area contributed by atoms with Crippen molar-refractivity contribution in [1.82, 2.24) is 0 Å². The summed E-state index contributed by atoms with van der Waals surface area (Å²) in [5.41, 5.74) is 1.51. The van der Waals surface area contributed by atoms with Crippen molar-refractivity contribution in [1.29, 1.82) is 0 Å². The number of hydrogen-bond donors (Lipinski definition) is 1. The van der Waals surface area contributed by atoms with Gasteiger partial charge in [-0.25, -0.2) is 9.18 Å². The number of halogens is 2. The van der Waals surface area contributed by atoms with Crippen molar-refractivity contribution in [2.24, 2.45) is 0 Å². The summed E-state index contributed by atoms with van der Waals surface area (Å²) in [6.07, 6.45) is 0. The topological polar surface area (TPSA) is 38.3 Å². The van der Waals surface area contributed by atoms with Gasteiger partial charge in [-0.2, -0.15) is 0 Å². The van der Waals surface area contributed by atoms with Crippen molar-refractivity contribution in [2.45, 2.75) is 13.0 Å². The van der Waals surface area contributed by atoms with Gasteiger partial charge in [0.1, 0.15) is 5.82 Å². The minimum absolute atomic E-state index is 0.191. The van der Waals surface area contributed by atoms with Crippen LogP contribution in [0, 0.1) is 5.82 Å². The average Bonchev–Trinajstić information content (AvgIpc) is 2.47. The number of esters is 1. The maximum atomic E-state index is 13.4. The van der Waals surface area contributed by atoms with E-state index >= 15 is 0 Å². The fourth-order valence-electron chi connectivity index (χ4n) is 2.06. The lowest BCUT2D eigenvalue weighted by Crippen LogP contribution is -2.12. The van der Waals surface area contributed by atoms with E-state index in [1.165, 1.54) is 25.3 Å². The number of nitrogens with one attached hydrogen (secondary N) is 1. The number of anilines is 1. The SMILES string of the molecule is COC(=O)c1ccc(F)cc1NC(C)c1ccccc1Cl. The summed E-state index contributed by atoms with van der Waals surface area (Å²) in [6, 6.07) is 11.0. The molecular weight excluding hydrogens is 293 g/mol. The van der Waals surface area contributed by atoms with Gasteiger partial charge in [0.05, 0.1) is 24.4 Å². The Kier molecular flexibility index (Phi) is 4.81. The molecule has 0 bridgehead atoms. The predicted molar refractivity (Wildman–Crippen MR) is 81.2 cm³/mol. The summed E-state index contributed by atoms with van der Waals surface area (Å²) in [5.74, 6) is -0.958. The Bertz CT molecular complexity index is 660. The van der Waals surface area contributed by atoms with Crippen molar-refractivity contribution < 1.29 is 13.9 Å². The van der Waals surface area contributed by atoms with E-state index in [2.05, 4.69) is 5.32 Å². The van der Waals surface area contributed by atoms with Crippen LogP contribution in [-0.2, 0) is 4.74 Å². The lowest BCUT2D eigenvalue weighted by Gasteiger charge is -2.19. The molecule has 2 rings (SSSR count). The summed E-state index contributed by atoms with van der Waals surface area (Å²) in [5, 5.41) is 3.70. The normalized spacial score (nSPS) is 11.8. The zero-order chi connectivity index (χ0) is 15.4. The van der Waals surface area contributed by atoms with Crippen LogP contribution in [0.3, 0.4) is 0 Å². The quantitative estimate of drug-likeness (QED) is 0.849. The van der Waals surface area contributed by atoms with Gasteiger partial charge in [0.15, 0.2) is 0 Å². The average molecular weight is 308 g/mol. The maximum absolute atomic E-state index is 13.4. The van der Waals surface area contributed by atoms with Crippen molar-refractivity contribution in [3.05, 3.63) is 64.4 Å². The third-order valence-electron chi connectivity index (χ3n) is 3.13. The summed E-state index contributed by atoms with van der Waals surface area (Å²) >= 11 is 6.14. The predicted octanol–water partition coefficient (Wildman–Crippen LogP) is 4.44. The lowest BCUT2D eigenvalue weighted by molar-refractivity contribution is 0.0601. The molecule has 1 atom stereocenters. The summed E-state index contributed by atoms with van der Waals surface area (Å²) in [6.45, 7) is 1.88. The second-order valence-corrected chi connectivity index (χ2v) is 4.98. The number of ether oxygens (including phenoxy) is 1. The molecule has 0 aromatic heterocycles. The van der Waals surface area contributed by atoms with Crippen molar-refractivity contribution >= 4 is 23.3 Å². The van der Waals surface area contributed by atoms with Gasteiger partial charge in [0, 0.05) is 5.02 Å². The molecule has 0 spiro atoms. The van der Waals surface area contributed by atoms with Crippen LogP contribution in [0.1, 0.15) is 28.9 Å². The number of carbonyl (C=O) groups is 1. The Morgan fingerprint density at radius 2 is 2.00 bits per heavy atom. The second kappa shape index (κ2) is 6.59. The molecule has 0 heterocycles. The first-order valence-electron chi connectivity index (χ1n) is 6.41. The van der Waals surface area contributed by atoms with Crippen LogP contribution in [0.2, 0.25) is 5.02 Å². The molecule has 0 saturated carbocycles. The van der Waals surface area contributed by atoms with Gasteiger partial charge in [-0.15, -0.1) is 0 Å². The van der Waals surface area contributed by atoms with Gasteiger partial charge >= 0.3 is 5.97 Å². The molecule has 0 aliphatic carbocycles. The largest absolute Gasteiger partial charge is 0.465 e. The number of hydrogen-bond acceptors (Lipinski definition) is 3. The monoisotopic (exact) mass is 307 g/mol. The Balaban J connectivity index is 2.32. The van der Waals surface area contributed by atoms with E-state index in [0.717, 1.165) is 5.56 Å². The smallest absolute Gasteiger partial charge is 0.339 e. The Morgan fingerprint density at radius 1 is 1.29 bits per heavy atom. The lowest BCUT2D eigenvalue weighted by atomic mass is 10.1. The van der Waals surface area contributed by atoms with Crippen LogP contribution < -0.4 is 5.32 Å². The van der Waals surface area contributed by atoms with Crippen LogP contribution in [-0.4, -0.2) is 13.1 Å². The number of benzene rings is 2. The highest BCUT2D eigenvalue weighted by Crippen LogP contribution is 2.28. The summed E-state index contributed by atoms with van der Waals surface area (Å²) in [4.78, 5) is 11.7. The summed E-state index contributed by atoms with van der Waals surface area (Å²) in [7, 11) is 1.28. The highest BCUT2D eigenvalue weighted by Gasteiger charge is 2.16. The molecule has 21 heavy (non-hydrogen) atoms. The highest BCUT2D eigenvalue weighted by molar-refractivity contribution is 6.31. The zero-order valence-corrected chi connectivity index (χ0v) is 12.4. The van der Waals surface area contributed by atoms with Crippen molar-refractivity contribution in [2.75, 3.05) is 12.4 Å². The van der Waals surface area contributed by atoms with E-state index in [1.807, 2.05) is 25.1 Å². The van der Waals surface area contributed by atoms with E-state index in [-0.39, 0.29) is 11.6 Å². The number of carbonyl (C=O) groups excluding carboxylic acids is 1. The Hall–Kier alpha value is -2.07. The van der Waals surface area contributed by atoms with E-state index in [0.29, 0.717) is 10.7 Å². The minimum Gasteiger partial charge on any atom is -0.465 e. The molecule has 2 aromatic carbocycles. The standard InChI is InChI=1S/C16H15ClFNO2/c1-10(12-5-3-4-6-14(12)17)19-15-9-11(18)7-8-13(15)16(20)21-2/h3-10,19H,1-2H3. The van der Waals surface area contributed by atoms with Crippen LogP contribution in [0.4, 0.5) is 10.1 Å². The van der Waals surface area contributed by atoms with Gasteiger partial charge in [0.2, 0.25) is 0 Å². The molecule has 0 radical (unpaired) electrons. The molecule has 5 heteroatoms. The van der Waals surface area contributed by atoms with Crippen LogP contribution in [0.15, 0.2) is 42.5 Å². The highest BCUT2D eigenvalue weighted by atomic mass is 35.5. The molecule has 0 aliphatic rings. The molecule has 1 unspecified atom stereocenters. The van der Waals surface area contributed by atoms with E-state index < -0.39 is 11.8 Å². The second-order valence-electron chi connectivity index (χ2n) is 4.57. The van der Waals surface area contributed by atoms with Crippen LogP contribution >= 0.6 is 11.6 Å². The van der Waals surface area contributed by atoms with Gasteiger partial charge in [0.25, 0.3) is 0 Å². The maximum Gasteiger partial charge on any atom is 0.339 e. The number of rotatable bonds is 4. The first kappa shape index (κ1) is 15.3. The van der Waals surface area contributed by atoms with E-state index in [4.69, 9.17) is 16.3 Å². The molecule has 3 nitrogen and oxygen atoms in total. The minimum atomic E-state index is -0.524. The summed E-state index contributed by atoms with van der Waals surface area (Å²) < 4.78 is 18.1. The molecule has 0 amide bonds. The Labute approximate surface area is 127 Å². The molecule has 0 aliphatic heterocycles. The van der Waals surface area contributed by atoms with Crippen LogP contribution in [0.25, 0.3) is 0 Å². The Morgan fingerprint density at radius 3 is 2.67 bits per heavy atom. The molecule has 110 valence electrons. The first-order chi connectivity index (χ1) is 10.0. The molecule has 0 saturated heterocycles. The van der Waals surface area contributed by atoms with E-state index in [1.54, 1.807) is 6.07 Å². The van der Waals surface area contributed by atoms with Gasteiger partial charge < -0.3 is 10.1 Å². The third-order valence-corrected chi connectivity index (χ3v) is 3.47. The first-order valence-corrected chi connectivity index (χ1v) is 6.79. The molecule has 2 aromatic rings. The van der Waals surface area contributed by atoms with Gasteiger partial charge in [-0.05, 0) is 36.8 Å². The molecular formula is C16H15ClFNO2. The van der Waals surface area contributed by atoms with E-state index in [9.17, 15) is 9.18 Å². The fraction of sp³-hybridized carbons (Fsp3) is 0.188.